The van der Waals surface area contributed by atoms with Crippen LogP contribution in [0.4, 0.5) is 5.95 Å². The standard InChI is InChI=1S/C20H17ClN6O3/c1-26-17-16(18(29)24-20(26)30)27(11-13-4-2-3-5-15(13)21)19(23-17)25-22-10-12-6-8-14(28)9-7-12/h2-10,28H,11H2,1H3,(H,23,25)(H,24,29,30)/b22-10+. The number of phenolic OH excluding ortho intramolecular Hbond substituents is 1. The third-order valence-corrected chi connectivity index (χ3v) is 4.93. The van der Waals surface area contributed by atoms with Gasteiger partial charge in [0.1, 0.15) is 5.75 Å². The molecule has 4 rings (SSSR count). The number of imidazole rings is 1. The van der Waals surface area contributed by atoms with Crippen LogP contribution in [0.25, 0.3) is 11.2 Å². The van der Waals surface area contributed by atoms with Crippen molar-refractivity contribution in [3.8, 4) is 5.75 Å². The Kier molecular flexibility index (Phi) is 5.11. The number of H-pyrrole nitrogens is 1. The van der Waals surface area contributed by atoms with Gasteiger partial charge in [0.05, 0.1) is 12.8 Å². The molecule has 0 fully saturated rings. The number of benzene rings is 2. The van der Waals surface area contributed by atoms with E-state index >= 15 is 0 Å². The number of hydrazone groups is 1. The Hall–Kier alpha value is -3.85. The van der Waals surface area contributed by atoms with Crippen molar-refractivity contribution in [2.45, 2.75) is 6.54 Å². The van der Waals surface area contributed by atoms with Gasteiger partial charge >= 0.3 is 5.69 Å². The molecule has 2 aromatic heterocycles. The lowest BCUT2D eigenvalue weighted by molar-refractivity contribution is 0.475. The molecule has 0 bridgehead atoms. The summed E-state index contributed by atoms with van der Waals surface area (Å²) in [5.41, 5.74) is 3.68. The lowest BCUT2D eigenvalue weighted by atomic mass is 10.2. The number of aryl methyl sites for hydroxylation is 1. The summed E-state index contributed by atoms with van der Waals surface area (Å²) < 4.78 is 2.87. The van der Waals surface area contributed by atoms with E-state index in [0.717, 1.165) is 11.1 Å². The number of halogens is 1. The number of rotatable bonds is 5. The normalized spacial score (nSPS) is 11.4. The van der Waals surface area contributed by atoms with Gasteiger partial charge in [-0.3, -0.25) is 18.9 Å². The first-order valence-corrected chi connectivity index (χ1v) is 9.33. The minimum absolute atomic E-state index is 0.154. The molecule has 4 aromatic rings. The number of phenols is 1. The largest absolute Gasteiger partial charge is 0.508 e. The minimum Gasteiger partial charge on any atom is -0.508 e. The predicted octanol–water partition coefficient (Wildman–Crippen LogP) is 2.28. The van der Waals surface area contributed by atoms with Gasteiger partial charge in [0.25, 0.3) is 5.56 Å². The van der Waals surface area contributed by atoms with Crippen molar-refractivity contribution in [3.63, 3.8) is 0 Å². The van der Waals surface area contributed by atoms with Gasteiger partial charge in [0.2, 0.25) is 5.95 Å². The van der Waals surface area contributed by atoms with E-state index in [-0.39, 0.29) is 29.4 Å². The number of nitrogens with one attached hydrogen (secondary N) is 2. The molecule has 0 radical (unpaired) electrons. The fourth-order valence-corrected chi connectivity index (χ4v) is 3.19. The molecule has 152 valence electrons. The van der Waals surface area contributed by atoms with Gasteiger partial charge in [0.15, 0.2) is 11.2 Å². The maximum absolute atomic E-state index is 12.5. The lowest BCUT2D eigenvalue weighted by Gasteiger charge is -2.09. The van der Waals surface area contributed by atoms with Crippen molar-refractivity contribution in [1.29, 1.82) is 0 Å². The highest BCUT2D eigenvalue weighted by Gasteiger charge is 2.18. The summed E-state index contributed by atoms with van der Waals surface area (Å²) in [6, 6.07) is 13.7. The third kappa shape index (κ3) is 3.70. The number of aromatic nitrogens is 4. The highest BCUT2D eigenvalue weighted by molar-refractivity contribution is 6.31. The Morgan fingerprint density at radius 2 is 1.93 bits per heavy atom. The highest BCUT2D eigenvalue weighted by Crippen LogP contribution is 2.22. The molecule has 0 amide bonds. The molecule has 3 N–H and O–H groups in total. The Morgan fingerprint density at radius 1 is 1.20 bits per heavy atom. The predicted molar refractivity (Wildman–Crippen MR) is 115 cm³/mol. The third-order valence-electron chi connectivity index (χ3n) is 4.56. The Bertz CT molecular complexity index is 1370. The average Bonchev–Trinajstić information content (AvgIpc) is 3.08. The van der Waals surface area contributed by atoms with E-state index in [4.69, 9.17) is 11.6 Å². The van der Waals surface area contributed by atoms with Crippen molar-refractivity contribution in [3.05, 3.63) is 85.5 Å². The smallest absolute Gasteiger partial charge is 0.329 e. The lowest BCUT2D eigenvalue weighted by Crippen LogP contribution is -2.29. The van der Waals surface area contributed by atoms with Crippen molar-refractivity contribution < 1.29 is 5.11 Å². The van der Waals surface area contributed by atoms with Crippen LogP contribution in [0.2, 0.25) is 5.02 Å². The van der Waals surface area contributed by atoms with Gasteiger partial charge < -0.3 is 5.11 Å². The SMILES string of the molecule is Cn1c(=O)[nH]c(=O)c2c1nc(N/N=C/c1ccc(O)cc1)n2Cc1ccccc1Cl. The highest BCUT2D eigenvalue weighted by atomic mass is 35.5. The topological polar surface area (TPSA) is 117 Å². The number of hydrogen-bond acceptors (Lipinski definition) is 6. The molecule has 0 saturated carbocycles. The van der Waals surface area contributed by atoms with Crippen LogP contribution in [0.3, 0.4) is 0 Å². The van der Waals surface area contributed by atoms with Crippen LogP contribution in [0.1, 0.15) is 11.1 Å². The quantitative estimate of drug-likeness (QED) is 0.335. The summed E-state index contributed by atoms with van der Waals surface area (Å²) >= 11 is 6.29. The first kappa shape index (κ1) is 19.5. The zero-order chi connectivity index (χ0) is 21.3. The Morgan fingerprint density at radius 3 is 2.67 bits per heavy atom. The molecule has 0 aliphatic carbocycles. The van der Waals surface area contributed by atoms with Crippen molar-refractivity contribution in [1.82, 2.24) is 19.1 Å². The Balaban J connectivity index is 1.79. The first-order valence-electron chi connectivity index (χ1n) is 8.95. The average molecular weight is 425 g/mol. The first-order chi connectivity index (χ1) is 14.4. The zero-order valence-electron chi connectivity index (χ0n) is 15.8. The fourth-order valence-electron chi connectivity index (χ4n) is 3.00. The maximum atomic E-state index is 12.5. The zero-order valence-corrected chi connectivity index (χ0v) is 16.6. The molecule has 0 spiro atoms. The van der Waals surface area contributed by atoms with E-state index in [2.05, 4.69) is 20.5 Å². The van der Waals surface area contributed by atoms with E-state index in [1.54, 1.807) is 41.1 Å². The molecule has 0 unspecified atom stereocenters. The van der Waals surface area contributed by atoms with Crippen molar-refractivity contribution in [2.75, 3.05) is 5.43 Å². The minimum atomic E-state index is -0.561. The molecule has 30 heavy (non-hydrogen) atoms. The van der Waals surface area contributed by atoms with Gasteiger partial charge in [-0.25, -0.2) is 10.2 Å². The molecule has 10 heteroatoms. The van der Waals surface area contributed by atoms with Crippen LogP contribution < -0.4 is 16.7 Å². The molecule has 0 saturated heterocycles. The molecule has 0 aliphatic heterocycles. The van der Waals surface area contributed by atoms with E-state index in [9.17, 15) is 14.7 Å². The van der Waals surface area contributed by atoms with Crippen LogP contribution in [0.5, 0.6) is 5.75 Å². The number of aromatic hydroxyl groups is 1. The van der Waals surface area contributed by atoms with Crippen LogP contribution in [-0.2, 0) is 13.6 Å². The molecule has 0 atom stereocenters. The van der Waals surface area contributed by atoms with Crippen molar-refractivity contribution >= 4 is 34.9 Å². The number of anilines is 1. The summed E-state index contributed by atoms with van der Waals surface area (Å²) in [4.78, 5) is 31.2. The summed E-state index contributed by atoms with van der Waals surface area (Å²) in [7, 11) is 1.52. The number of nitrogens with zero attached hydrogens (tertiary/aromatic N) is 4. The molecule has 0 aliphatic rings. The number of fused-ring (bicyclic) bond motifs is 1. The van der Waals surface area contributed by atoms with Gasteiger partial charge in [-0.15, -0.1) is 0 Å². The van der Waals surface area contributed by atoms with Crippen LogP contribution in [0, 0.1) is 0 Å². The number of hydrogen-bond donors (Lipinski definition) is 3. The van der Waals surface area contributed by atoms with E-state index < -0.39 is 11.2 Å². The fraction of sp³-hybridized carbons (Fsp3) is 0.100. The second kappa shape index (κ2) is 7.88. The summed E-state index contributed by atoms with van der Waals surface area (Å²) in [6.07, 6.45) is 1.54. The second-order valence-corrected chi connectivity index (χ2v) is 6.97. The molecule has 2 heterocycles. The van der Waals surface area contributed by atoms with E-state index in [1.165, 1.54) is 11.6 Å². The molecular weight excluding hydrogens is 408 g/mol. The summed E-state index contributed by atoms with van der Waals surface area (Å²) in [5, 5.41) is 14.1. The van der Waals surface area contributed by atoms with E-state index in [0.29, 0.717) is 5.02 Å². The number of aromatic amines is 1. The van der Waals surface area contributed by atoms with E-state index in [1.807, 2.05) is 18.2 Å². The summed E-state index contributed by atoms with van der Waals surface area (Å²) in [5.74, 6) is 0.424. The van der Waals surface area contributed by atoms with Gasteiger partial charge in [-0.1, -0.05) is 29.8 Å². The molecule has 9 nitrogen and oxygen atoms in total. The van der Waals surface area contributed by atoms with Gasteiger partial charge in [-0.05, 0) is 41.5 Å². The van der Waals surface area contributed by atoms with Crippen LogP contribution in [0.15, 0.2) is 63.2 Å². The summed E-state index contributed by atoms with van der Waals surface area (Å²) in [6.45, 7) is 0.245. The van der Waals surface area contributed by atoms with Crippen LogP contribution in [-0.4, -0.2) is 30.4 Å². The second-order valence-electron chi connectivity index (χ2n) is 6.57. The van der Waals surface area contributed by atoms with Gasteiger partial charge in [-0.2, -0.15) is 10.1 Å². The maximum Gasteiger partial charge on any atom is 0.329 e. The van der Waals surface area contributed by atoms with Crippen molar-refractivity contribution in [2.24, 2.45) is 12.1 Å². The molecular formula is C20H17ClN6O3. The van der Waals surface area contributed by atoms with Crippen LogP contribution >= 0.6 is 11.6 Å². The monoisotopic (exact) mass is 424 g/mol. The Labute approximate surface area is 174 Å². The van der Waals surface area contributed by atoms with Gasteiger partial charge in [0, 0.05) is 12.1 Å². The molecule has 2 aromatic carbocycles.